The van der Waals surface area contributed by atoms with Gasteiger partial charge in [-0.3, -0.25) is 4.98 Å². The summed E-state index contributed by atoms with van der Waals surface area (Å²) >= 11 is 3.24. The average Bonchev–Trinajstić information content (AvgIpc) is 2.73. The van der Waals surface area contributed by atoms with Crippen molar-refractivity contribution in [3.63, 3.8) is 0 Å². The zero-order valence-electron chi connectivity index (χ0n) is 16.0. The van der Waals surface area contributed by atoms with Crippen LogP contribution >= 0.6 is 23.7 Å². The van der Waals surface area contributed by atoms with Gasteiger partial charge in [-0.2, -0.15) is 0 Å². The Bertz CT molecular complexity index is 925. The number of nitrogens with two attached hydrogens (primary N) is 1. The molecule has 1 aromatic heterocycles. The fourth-order valence-corrected chi connectivity index (χ4v) is 3.73. The normalized spacial score (nSPS) is 11.3. The maximum absolute atomic E-state index is 6.09. The van der Waals surface area contributed by atoms with Crippen LogP contribution in [0.4, 0.5) is 11.4 Å². The van der Waals surface area contributed by atoms with E-state index < -0.39 is 0 Å². The Morgan fingerprint density at radius 1 is 1.11 bits per heavy atom. The molecular weight excluding hydrogens is 384 g/mol. The Labute approximate surface area is 175 Å². The minimum atomic E-state index is 0.724. The minimum absolute atomic E-state index is 0.724. The van der Waals surface area contributed by atoms with Crippen molar-refractivity contribution in [2.45, 2.75) is 18.7 Å². The van der Waals surface area contributed by atoms with E-state index in [0.717, 1.165) is 28.5 Å². The van der Waals surface area contributed by atoms with E-state index in [2.05, 4.69) is 71.3 Å². The third-order valence-electron chi connectivity index (χ3n) is 4.10. The molecule has 0 bridgehead atoms. The van der Waals surface area contributed by atoms with E-state index in [9.17, 15) is 0 Å². The summed E-state index contributed by atoms with van der Waals surface area (Å²) in [6.07, 6.45) is 3.51. The maximum atomic E-state index is 6.09. The van der Waals surface area contributed by atoms with Crippen LogP contribution in [0.1, 0.15) is 16.7 Å². The highest BCUT2D eigenvalue weighted by Crippen LogP contribution is 2.26. The zero-order chi connectivity index (χ0) is 19.8. The summed E-state index contributed by atoms with van der Waals surface area (Å²) in [6.45, 7) is 4.20. The fourth-order valence-electron chi connectivity index (χ4n) is 2.45. The van der Waals surface area contributed by atoms with E-state index >= 15 is 0 Å². The quantitative estimate of drug-likeness (QED) is 0.246. The molecule has 0 aliphatic rings. The molecule has 3 aromatic rings. The summed E-state index contributed by atoms with van der Waals surface area (Å²) in [5, 5.41) is 5.42. The SMILES string of the molecule is Cc1ccc(SNc2ccc(C)c(NCS/C=C(\N)c3cccnc3)c2)cc1. The zero-order valence-corrected chi connectivity index (χ0v) is 17.6. The van der Waals surface area contributed by atoms with Gasteiger partial charge in [-0.1, -0.05) is 23.8 Å². The van der Waals surface area contributed by atoms with Gasteiger partial charge in [0.1, 0.15) is 0 Å². The van der Waals surface area contributed by atoms with Crippen LogP contribution < -0.4 is 15.8 Å². The Kier molecular flexibility index (Phi) is 7.28. The molecule has 1 heterocycles. The van der Waals surface area contributed by atoms with E-state index in [4.69, 9.17) is 5.73 Å². The number of anilines is 2. The molecule has 28 heavy (non-hydrogen) atoms. The number of aryl methyl sites for hydroxylation is 2. The number of benzene rings is 2. The van der Waals surface area contributed by atoms with Crippen LogP contribution in [0.2, 0.25) is 0 Å². The number of rotatable bonds is 8. The van der Waals surface area contributed by atoms with Crippen molar-refractivity contribution in [2.24, 2.45) is 5.73 Å². The van der Waals surface area contributed by atoms with Crippen molar-refractivity contribution in [1.29, 1.82) is 0 Å². The van der Waals surface area contributed by atoms with Crippen LogP contribution in [-0.2, 0) is 0 Å². The second-order valence-corrected chi connectivity index (χ2v) is 8.09. The van der Waals surface area contributed by atoms with Gasteiger partial charge in [0.25, 0.3) is 0 Å². The topological polar surface area (TPSA) is 63.0 Å². The van der Waals surface area contributed by atoms with Crippen molar-refractivity contribution in [1.82, 2.24) is 4.98 Å². The Morgan fingerprint density at radius 2 is 1.93 bits per heavy atom. The Morgan fingerprint density at radius 3 is 2.68 bits per heavy atom. The molecule has 0 fully saturated rings. The molecule has 0 unspecified atom stereocenters. The molecule has 0 spiro atoms. The largest absolute Gasteiger partial charge is 0.398 e. The highest BCUT2D eigenvalue weighted by Gasteiger charge is 2.02. The molecule has 0 saturated carbocycles. The highest BCUT2D eigenvalue weighted by atomic mass is 32.2. The highest BCUT2D eigenvalue weighted by molar-refractivity contribution is 8.02. The molecule has 0 aliphatic carbocycles. The standard InChI is InChI=1S/C22H24N4S2/c1-16-5-9-20(10-6-16)28-26-19-8-7-17(2)22(12-19)25-15-27-14-21(23)18-4-3-11-24-13-18/h3-14,25-26H,15,23H2,1-2H3/b21-14-. The van der Waals surface area contributed by atoms with Crippen LogP contribution in [0.25, 0.3) is 5.70 Å². The number of nitrogens with zero attached hydrogens (tertiary/aromatic N) is 1. The van der Waals surface area contributed by atoms with E-state index in [-0.39, 0.29) is 0 Å². The van der Waals surface area contributed by atoms with Gasteiger partial charge in [0.2, 0.25) is 0 Å². The van der Waals surface area contributed by atoms with Crippen molar-refractivity contribution in [3.8, 4) is 0 Å². The first-order chi connectivity index (χ1) is 13.6. The molecule has 2 aromatic carbocycles. The maximum Gasteiger partial charge on any atom is 0.0652 e. The van der Waals surface area contributed by atoms with E-state index in [1.54, 1.807) is 36.1 Å². The Hall–Kier alpha value is -2.57. The summed E-state index contributed by atoms with van der Waals surface area (Å²) < 4.78 is 3.41. The van der Waals surface area contributed by atoms with Crippen LogP contribution in [0.3, 0.4) is 0 Å². The van der Waals surface area contributed by atoms with Crippen LogP contribution in [0.15, 0.2) is 77.3 Å². The number of hydrogen-bond donors (Lipinski definition) is 3. The first-order valence-electron chi connectivity index (χ1n) is 8.93. The fraction of sp³-hybridized carbons (Fsp3) is 0.136. The number of thioether (sulfide) groups is 1. The van der Waals surface area contributed by atoms with Gasteiger partial charge in [-0.05, 0) is 73.2 Å². The molecule has 144 valence electrons. The first-order valence-corrected chi connectivity index (χ1v) is 10.8. The van der Waals surface area contributed by atoms with Crippen LogP contribution in [0, 0.1) is 13.8 Å². The smallest absolute Gasteiger partial charge is 0.0652 e. The van der Waals surface area contributed by atoms with Gasteiger partial charge >= 0.3 is 0 Å². The molecule has 0 saturated heterocycles. The van der Waals surface area contributed by atoms with E-state index in [1.807, 2.05) is 17.5 Å². The molecule has 3 rings (SSSR count). The predicted octanol–water partition coefficient (Wildman–Crippen LogP) is 5.88. The number of pyridine rings is 1. The monoisotopic (exact) mass is 408 g/mol. The van der Waals surface area contributed by atoms with Crippen molar-refractivity contribution >= 4 is 40.8 Å². The average molecular weight is 409 g/mol. The predicted molar refractivity (Wildman–Crippen MR) is 124 cm³/mol. The first kappa shape index (κ1) is 20.2. The number of nitrogens with one attached hydrogen (secondary N) is 2. The number of aromatic nitrogens is 1. The molecule has 4 nitrogen and oxygen atoms in total. The van der Waals surface area contributed by atoms with Crippen LogP contribution in [0.5, 0.6) is 0 Å². The summed E-state index contributed by atoms with van der Waals surface area (Å²) in [7, 11) is 0. The lowest BCUT2D eigenvalue weighted by atomic mass is 10.2. The second kappa shape index (κ2) is 10.1. The number of hydrogen-bond acceptors (Lipinski definition) is 6. The van der Waals surface area contributed by atoms with Gasteiger partial charge in [-0.15, -0.1) is 11.8 Å². The van der Waals surface area contributed by atoms with Gasteiger partial charge in [0, 0.05) is 39.9 Å². The molecule has 0 atom stereocenters. The van der Waals surface area contributed by atoms with Crippen LogP contribution in [-0.4, -0.2) is 10.9 Å². The van der Waals surface area contributed by atoms with E-state index in [0.29, 0.717) is 0 Å². The molecule has 0 radical (unpaired) electrons. The Balaban J connectivity index is 1.53. The third kappa shape index (κ3) is 5.97. The van der Waals surface area contributed by atoms with Crippen molar-refractivity contribution in [3.05, 3.63) is 89.1 Å². The molecular formula is C22H24N4S2. The van der Waals surface area contributed by atoms with Crippen molar-refractivity contribution < 1.29 is 0 Å². The lowest BCUT2D eigenvalue weighted by Crippen LogP contribution is -2.01. The lowest BCUT2D eigenvalue weighted by Gasteiger charge is -2.12. The third-order valence-corrected chi connectivity index (χ3v) is 5.67. The molecule has 4 N–H and O–H groups in total. The van der Waals surface area contributed by atoms with E-state index in [1.165, 1.54) is 16.0 Å². The minimum Gasteiger partial charge on any atom is -0.398 e. The summed E-state index contributed by atoms with van der Waals surface area (Å²) in [4.78, 5) is 5.28. The summed E-state index contributed by atoms with van der Waals surface area (Å²) in [5.41, 5.74) is 12.4. The lowest BCUT2D eigenvalue weighted by molar-refractivity contribution is 1.30. The van der Waals surface area contributed by atoms with Crippen molar-refractivity contribution in [2.75, 3.05) is 15.9 Å². The second-order valence-electron chi connectivity index (χ2n) is 6.35. The van der Waals surface area contributed by atoms with Gasteiger partial charge in [0.15, 0.2) is 0 Å². The van der Waals surface area contributed by atoms with Gasteiger partial charge < -0.3 is 15.8 Å². The molecule has 0 amide bonds. The summed E-state index contributed by atoms with van der Waals surface area (Å²) in [5.74, 6) is 0.733. The summed E-state index contributed by atoms with van der Waals surface area (Å²) in [6, 6.07) is 18.7. The molecule has 6 heteroatoms. The van der Waals surface area contributed by atoms with Gasteiger partial charge in [-0.25, -0.2) is 0 Å². The van der Waals surface area contributed by atoms with Gasteiger partial charge in [0.05, 0.1) is 5.88 Å². The molecule has 0 aliphatic heterocycles.